The normalized spacial score (nSPS) is 19.2. The van der Waals surface area contributed by atoms with Crippen molar-refractivity contribution in [2.24, 2.45) is 5.92 Å². The number of aromatic nitrogens is 1. The summed E-state index contributed by atoms with van der Waals surface area (Å²) < 4.78 is 5.33. The summed E-state index contributed by atoms with van der Waals surface area (Å²) in [4.78, 5) is 16.6. The Kier molecular flexibility index (Phi) is 4.17. The second kappa shape index (κ2) is 6.61. The molecule has 0 saturated heterocycles. The number of rotatable bonds is 6. The minimum atomic E-state index is 0.0324. The third-order valence-corrected chi connectivity index (χ3v) is 5.24. The van der Waals surface area contributed by atoms with E-state index in [2.05, 4.69) is 34.6 Å². The first kappa shape index (κ1) is 15.1. The maximum Gasteiger partial charge on any atom is 0.226 e. The van der Waals surface area contributed by atoms with E-state index >= 15 is 0 Å². The average Bonchev–Trinajstić information content (AvgIpc) is 2.99. The predicted octanol–water partition coefficient (Wildman–Crippen LogP) is 3.87. The van der Waals surface area contributed by atoms with Gasteiger partial charge in [0.2, 0.25) is 5.91 Å². The molecule has 1 aliphatic rings. The molecule has 1 aromatic carbocycles. The Morgan fingerprint density at radius 3 is 2.92 bits per heavy atom. The fourth-order valence-corrected chi connectivity index (χ4v) is 3.74. The predicted molar refractivity (Wildman–Crippen MR) is 93.8 cm³/mol. The van der Waals surface area contributed by atoms with Gasteiger partial charge in [-0.3, -0.25) is 4.79 Å². The van der Waals surface area contributed by atoms with Gasteiger partial charge in [-0.25, -0.2) is 4.98 Å². The molecule has 2 heterocycles. The van der Waals surface area contributed by atoms with Crippen LogP contribution in [-0.2, 0) is 11.2 Å². The summed E-state index contributed by atoms with van der Waals surface area (Å²) >= 11 is 1.50. The zero-order valence-corrected chi connectivity index (χ0v) is 14.0. The van der Waals surface area contributed by atoms with E-state index < -0.39 is 0 Å². The standard InChI is InChI=1S/C19H18N2O2S/c22-18(10-15-12-24-19(21-15)17-7-4-8-23-17)20-11-14-9-16(14)13-5-2-1-3-6-13/h1-8,12,14,16H,9-11H2,(H,20,22). The van der Waals surface area contributed by atoms with E-state index in [1.807, 2.05) is 23.6 Å². The molecule has 122 valence electrons. The van der Waals surface area contributed by atoms with Gasteiger partial charge in [-0.1, -0.05) is 30.3 Å². The molecule has 24 heavy (non-hydrogen) atoms. The maximum atomic E-state index is 12.1. The topological polar surface area (TPSA) is 55.1 Å². The Morgan fingerprint density at radius 2 is 2.12 bits per heavy atom. The molecular weight excluding hydrogens is 320 g/mol. The molecule has 1 amide bonds. The van der Waals surface area contributed by atoms with Gasteiger partial charge in [-0.15, -0.1) is 11.3 Å². The van der Waals surface area contributed by atoms with Crippen LogP contribution < -0.4 is 5.32 Å². The summed E-state index contributed by atoms with van der Waals surface area (Å²) in [6, 6.07) is 14.2. The number of nitrogens with one attached hydrogen (secondary N) is 1. The van der Waals surface area contributed by atoms with Crippen LogP contribution in [-0.4, -0.2) is 17.4 Å². The smallest absolute Gasteiger partial charge is 0.226 e. The van der Waals surface area contributed by atoms with Crippen molar-refractivity contribution in [2.45, 2.75) is 18.8 Å². The highest BCUT2D eigenvalue weighted by molar-refractivity contribution is 7.13. The number of furan rings is 1. The number of thiazole rings is 1. The van der Waals surface area contributed by atoms with Crippen molar-refractivity contribution in [3.05, 3.63) is 65.4 Å². The molecule has 5 heteroatoms. The molecular formula is C19H18N2O2S. The van der Waals surface area contributed by atoms with Crippen LogP contribution in [0.2, 0.25) is 0 Å². The van der Waals surface area contributed by atoms with Gasteiger partial charge in [0.25, 0.3) is 0 Å². The van der Waals surface area contributed by atoms with E-state index in [9.17, 15) is 4.79 Å². The fourth-order valence-electron chi connectivity index (χ4n) is 2.96. The number of hydrogen-bond donors (Lipinski definition) is 1. The van der Waals surface area contributed by atoms with Gasteiger partial charge >= 0.3 is 0 Å². The highest BCUT2D eigenvalue weighted by Gasteiger charge is 2.37. The first-order valence-corrected chi connectivity index (χ1v) is 8.97. The zero-order chi connectivity index (χ0) is 16.4. The van der Waals surface area contributed by atoms with Gasteiger partial charge < -0.3 is 9.73 Å². The van der Waals surface area contributed by atoms with Crippen molar-refractivity contribution in [2.75, 3.05) is 6.54 Å². The molecule has 0 bridgehead atoms. The van der Waals surface area contributed by atoms with Crippen molar-refractivity contribution in [3.63, 3.8) is 0 Å². The lowest BCUT2D eigenvalue weighted by Gasteiger charge is -2.04. The monoisotopic (exact) mass is 338 g/mol. The second-order valence-corrected chi connectivity index (χ2v) is 6.97. The molecule has 1 saturated carbocycles. The summed E-state index contributed by atoms with van der Waals surface area (Å²) in [5, 5.41) is 5.77. The summed E-state index contributed by atoms with van der Waals surface area (Å²) in [6.07, 6.45) is 3.10. The van der Waals surface area contributed by atoms with E-state index in [4.69, 9.17) is 4.42 Å². The quantitative estimate of drug-likeness (QED) is 0.742. The van der Waals surface area contributed by atoms with Crippen LogP contribution in [0.3, 0.4) is 0 Å². The van der Waals surface area contributed by atoms with Gasteiger partial charge in [0.1, 0.15) is 0 Å². The number of carbonyl (C=O) groups excluding carboxylic acids is 1. The Balaban J connectivity index is 1.26. The molecule has 4 rings (SSSR count). The summed E-state index contributed by atoms with van der Waals surface area (Å²) in [7, 11) is 0. The van der Waals surface area contributed by atoms with Crippen LogP contribution in [0.4, 0.5) is 0 Å². The maximum absolute atomic E-state index is 12.1. The van der Waals surface area contributed by atoms with Crippen LogP contribution >= 0.6 is 11.3 Å². The Labute approximate surface area is 144 Å². The Morgan fingerprint density at radius 1 is 1.25 bits per heavy atom. The summed E-state index contributed by atoms with van der Waals surface area (Å²) in [6.45, 7) is 0.744. The molecule has 1 aliphatic carbocycles. The number of hydrogen-bond acceptors (Lipinski definition) is 4. The molecule has 0 radical (unpaired) electrons. The number of carbonyl (C=O) groups is 1. The van der Waals surface area contributed by atoms with Crippen molar-refractivity contribution in [1.29, 1.82) is 0 Å². The molecule has 0 aliphatic heterocycles. The van der Waals surface area contributed by atoms with Crippen molar-refractivity contribution >= 4 is 17.2 Å². The minimum Gasteiger partial charge on any atom is -0.462 e. The molecule has 2 atom stereocenters. The lowest BCUT2D eigenvalue weighted by molar-refractivity contribution is -0.120. The number of nitrogens with zero attached hydrogens (tertiary/aromatic N) is 1. The molecule has 0 spiro atoms. The fraction of sp³-hybridized carbons (Fsp3) is 0.263. The Hall–Kier alpha value is -2.40. The molecule has 2 unspecified atom stereocenters. The second-order valence-electron chi connectivity index (χ2n) is 6.12. The van der Waals surface area contributed by atoms with Gasteiger partial charge in [0.05, 0.1) is 18.4 Å². The van der Waals surface area contributed by atoms with Crippen LogP contribution in [0, 0.1) is 5.92 Å². The van der Waals surface area contributed by atoms with Crippen molar-refractivity contribution in [1.82, 2.24) is 10.3 Å². The highest BCUT2D eigenvalue weighted by Crippen LogP contribution is 2.46. The minimum absolute atomic E-state index is 0.0324. The lowest BCUT2D eigenvalue weighted by atomic mass is 10.1. The van der Waals surface area contributed by atoms with Gasteiger partial charge in [0, 0.05) is 11.9 Å². The van der Waals surface area contributed by atoms with E-state index in [-0.39, 0.29) is 5.91 Å². The third-order valence-electron chi connectivity index (χ3n) is 4.34. The van der Waals surface area contributed by atoms with Crippen LogP contribution in [0.1, 0.15) is 23.6 Å². The van der Waals surface area contributed by atoms with Crippen LogP contribution in [0.25, 0.3) is 10.8 Å². The largest absolute Gasteiger partial charge is 0.462 e. The number of benzene rings is 1. The molecule has 3 aromatic rings. The van der Waals surface area contributed by atoms with E-state index in [0.717, 1.165) is 29.4 Å². The van der Waals surface area contributed by atoms with E-state index in [0.29, 0.717) is 18.3 Å². The summed E-state index contributed by atoms with van der Waals surface area (Å²) in [5.41, 5.74) is 2.17. The molecule has 1 N–H and O–H groups in total. The van der Waals surface area contributed by atoms with Crippen molar-refractivity contribution in [3.8, 4) is 10.8 Å². The summed E-state index contributed by atoms with van der Waals surface area (Å²) in [5.74, 6) is 1.93. The van der Waals surface area contributed by atoms with Gasteiger partial charge in [-0.05, 0) is 36.0 Å². The molecule has 2 aromatic heterocycles. The van der Waals surface area contributed by atoms with Gasteiger partial charge in [0.15, 0.2) is 10.8 Å². The first-order valence-electron chi connectivity index (χ1n) is 8.09. The van der Waals surface area contributed by atoms with E-state index in [1.54, 1.807) is 6.26 Å². The zero-order valence-electron chi connectivity index (χ0n) is 13.1. The highest BCUT2D eigenvalue weighted by atomic mass is 32.1. The first-order chi connectivity index (χ1) is 11.8. The van der Waals surface area contributed by atoms with E-state index in [1.165, 1.54) is 16.9 Å². The molecule has 1 fully saturated rings. The van der Waals surface area contributed by atoms with Crippen molar-refractivity contribution < 1.29 is 9.21 Å². The number of amides is 1. The third kappa shape index (κ3) is 3.41. The Bertz CT molecular complexity index is 811. The average molecular weight is 338 g/mol. The van der Waals surface area contributed by atoms with Crippen LogP contribution in [0.15, 0.2) is 58.5 Å². The van der Waals surface area contributed by atoms with Crippen LogP contribution in [0.5, 0.6) is 0 Å². The SMILES string of the molecule is O=C(Cc1csc(-c2ccco2)n1)NCC1CC1c1ccccc1. The van der Waals surface area contributed by atoms with Gasteiger partial charge in [-0.2, -0.15) is 0 Å². The lowest BCUT2D eigenvalue weighted by Crippen LogP contribution is -2.27. The molecule has 4 nitrogen and oxygen atoms in total.